The van der Waals surface area contributed by atoms with E-state index in [-0.39, 0.29) is 0 Å². The van der Waals surface area contributed by atoms with Crippen LogP contribution in [0.4, 0.5) is 5.82 Å². The minimum absolute atomic E-state index is 0.362. The average Bonchev–Trinajstić information content (AvgIpc) is 2.46. The van der Waals surface area contributed by atoms with Gasteiger partial charge in [-0.05, 0) is 23.6 Å². The monoisotopic (exact) mass is 242 g/mol. The van der Waals surface area contributed by atoms with Crippen molar-refractivity contribution in [1.82, 2.24) is 9.97 Å². The molecule has 94 valence electrons. The van der Waals surface area contributed by atoms with E-state index < -0.39 is 0 Å². The minimum Gasteiger partial charge on any atom is -0.366 e. The summed E-state index contributed by atoms with van der Waals surface area (Å²) in [6.07, 6.45) is 2.79. The molecule has 0 fully saturated rings. The molecule has 18 heavy (non-hydrogen) atoms. The Morgan fingerprint density at radius 2 is 1.83 bits per heavy atom. The van der Waals surface area contributed by atoms with Gasteiger partial charge in [-0.25, -0.2) is 9.97 Å². The number of anilines is 1. The van der Waals surface area contributed by atoms with Crippen molar-refractivity contribution in [1.29, 1.82) is 0 Å². The first-order chi connectivity index (χ1) is 8.81. The highest BCUT2D eigenvalue weighted by Gasteiger charge is 1.98. The van der Waals surface area contributed by atoms with Crippen LogP contribution in [0, 0.1) is 0 Å². The van der Waals surface area contributed by atoms with Crippen LogP contribution in [0.25, 0.3) is 0 Å². The van der Waals surface area contributed by atoms with Crippen LogP contribution < -0.4 is 11.1 Å². The maximum atomic E-state index is 5.51. The molecule has 2 aromatic rings. The van der Waals surface area contributed by atoms with Crippen LogP contribution >= 0.6 is 0 Å². The molecule has 1 heterocycles. The van der Waals surface area contributed by atoms with Crippen molar-refractivity contribution >= 4 is 5.82 Å². The Morgan fingerprint density at radius 1 is 1.11 bits per heavy atom. The zero-order valence-electron chi connectivity index (χ0n) is 10.6. The molecule has 0 aliphatic heterocycles. The molecule has 0 bridgehead atoms. The Balaban J connectivity index is 1.97. The Labute approximate surface area is 107 Å². The predicted octanol–water partition coefficient (Wildman–Crippen LogP) is 2.11. The largest absolute Gasteiger partial charge is 0.366 e. The van der Waals surface area contributed by atoms with Crippen molar-refractivity contribution in [2.75, 3.05) is 5.32 Å². The van der Waals surface area contributed by atoms with E-state index in [9.17, 15) is 0 Å². The third-order valence-electron chi connectivity index (χ3n) is 2.79. The number of hydrogen-bond acceptors (Lipinski definition) is 4. The van der Waals surface area contributed by atoms with E-state index >= 15 is 0 Å². The van der Waals surface area contributed by atoms with Crippen LogP contribution in [0.15, 0.2) is 36.5 Å². The molecule has 0 aliphatic rings. The standard InChI is InChI=1S/C14H18N4/c1-2-11-3-5-12(6-4-11)10-17-13-7-8-16-14(9-15)18-13/h3-8H,2,9-10,15H2,1H3,(H,16,17,18). The van der Waals surface area contributed by atoms with Gasteiger partial charge in [-0.1, -0.05) is 31.2 Å². The molecular formula is C14H18N4. The van der Waals surface area contributed by atoms with E-state index in [0.717, 1.165) is 18.8 Å². The number of rotatable bonds is 5. The second-order valence-electron chi connectivity index (χ2n) is 4.09. The first-order valence-corrected chi connectivity index (χ1v) is 6.15. The van der Waals surface area contributed by atoms with Crippen molar-refractivity contribution in [2.24, 2.45) is 5.73 Å². The van der Waals surface area contributed by atoms with Gasteiger partial charge in [0.05, 0.1) is 6.54 Å². The fourth-order valence-electron chi connectivity index (χ4n) is 1.68. The smallest absolute Gasteiger partial charge is 0.144 e. The second kappa shape index (κ2) is 6.12. The lowest BCUT2D eigenvalue weighted by Crippen LogP contribution is -2.07. The van der Waals surface area contributed by atoms with Gasteiger partial charge in [-0.3, -0.25) is 0 Å². The van der Waals surface area contributed by atoms with Crippen LogP contribution in [-0.2, 0) is 19.5 Å². The fraction of sp³-hybridized carbons (Fsp3) is 0.286. The molecule has 0 amide bonds. The van der Waals surface area contributed by atoms with Gasteiger partial charge in [0.25, 0.3) is 0 Å². The van der Waals surface area contributed by atoms with E-state index in [4.69, 9.17) is 5.73 Å². The summed E-state index contributed by atoms with van der Waals surface area (Å²) in [6, 6.07) is 10.4. The lowest BCUT2D eigenvalue weighted by molar-refractivity contribution is 0.904. The van der Waals surface area contributed by atoms with Crippen molar-refractivity contribution in [3.05, 3.63) is 53.5 Å². The Morgan fingerprint density at radius 3 is 2.50 bits per heavy atom. The number of aryl methyl sites for hydroxylation is 1. The van der Waals surface area contributed by atoms with Crippen LogP contribution in [0.1, 0.15) is 23.9 Å². The summed E-state index contributed by atoms with van der Waals surface area (Å²) in [4.78, 5) is 8.35. The van der Waals surface area contributed by atoms with Crippen LogP contribution in [-0.4, -0.2) is 9.97 Å². The zero-order chi connectivity index (χ0) is 12.8. The molecule has 0 aliphatic carbocycles. The minimum atomic E-state index is 0.362. The third-order valence-corrected chi connectivity index (χ3v) is 2.79. The molecule has 2 rings (SSSR count). The van der Waals surface area contributed by atoms with Gasteiger partial charge >= 0.3 is 0 Å². The zero-order valence-corrected chi connectivity index (χ0v) is 10.6. The van der Waals surface area contributed by atoms with Gasteiger partial charge in [0.2, 0.25) is 0 Å². The van der Waals surface area contributed by atoms with Crippen molar-refractivity contribution < 1.29 is 0 Å². The summed E-state index contributed by atoms with van der Waals surface area (Å²) in [5, 5.41) is 3.27. The summed E-state index contributed by atoms with van der Waals surface area (Å²) in [6.45, 7) is 3.27. The van der Waals surface area contributed by atoms with E-state index in [2.05, 4.69) is 46.5 Å². The van der Waals surface area contributed by atoms with E-state index in [1.54, 1.807) is 6.20 Å². The summed E-state index contributed by atoms with van der Waals surface area (Å²) in [7, 11) is 0. The van der Waals surface area contributed by atoms with Crippen molar-refractivity contribution in [2.45, 2.75) is 26.4 Å². The number of nitrogens with zero attached hydrogens (tertiary/aromatic N) is 2. The lowest BCUT2D eigenvalue weighted by Gasteiger charge is -2.07. The summed E-state index contributed by atoms with van der Waals surface area (Å²) >= 11 is 0. The summed E-state index contributed by atoms with van der Waals surface area (Å²) in [5.41, 5.74) is 8.09. The molecule has 0 saturated carbocycles. The highest BCUT2D eigenvalue weighted by atomic mass is 15.0. The molecule has 1 aromatic heterocycles. The molecule has 0 saturated heterocycles. The fourth-order valence-corrected chi connectivity index (χ4v) is 1.68. The summed E-state index contributed by atoms with van der Waals surface area (Å²) in [5.74, 6) is 1.46. The van der Waals surface area contributed by atoms with Gasteiger partial charge in [-0.15, -0.1) is 0 Å². The maximum absolute atomic E-state index is 5.51. The Kier molecular flexibility index (Phi) is 4.25. The van der Waals surface area contributed by atoms with Crippen molar-refractivity contribution in [3.8, 4) is 0 Å². The molecule has 0 atom stereocenters. The first kappa shape index (κ1) is 12.5. The van der Waals surface area contributed by atoms with Crippen LogP contribution in [0.2, 0.25) is 0 Å². The van der Waals surface area contributed by atoms with Crippen LogP contribution in [0.3, 0.4) is 0 Å². The van der Waals surface area contributed by atoms with E-state index in [1.165, 1.54) is 11.1 Å². The molecule has 0 spiro atoms. The third kappa shape index (κ3) is 3.28. The van der Waals surface area contributed by atoms with Gasteiger partial charge in [-0.2, -0.15) is 0 Å². The number of hydrogen-bond donors (Lipinski definition) is 2. The first-order valence-electron chi connectivity index (χ1n) is 6.15. The van der Waals surface area contributed by atoms with Gasteiger partial charge < -0.3 is 11.1 Å². The predicted molar refractivity (Wildman–Crippen MR) is 73.1 cm³/mol. The Hall–Kier alpha value is -1.94. The van der Waals surface area contributed by atoms with Gasteiger partial charge in [0.15, 0.2) is 0 Å². The molecule has 4 nitrogen and oxygen atoms in total. The SMILES string of the molecule is CCc1ccc(CNc2ccnc(CN)n2)cc1. The highest BCUT2D eigenvalue weighted by Crippen LogP contribution is 2.08. The normalized spacial score (nSPS) is 10.3. The number of benzene rings is 1. The average molecular weight is 242 g/mol. The Bertz CT molecular complexity index is 493. The number of aromatic nitrogens is 2. The maximum Gasteiger partial charge on any atom is 0.144 e. The molecule has 3 N–H and O–H groups in total. The van der Waals surface area contributed by atoms with Crippen LogP contribution in [0.5, 0.6) is 0 Å². The van der Waals surface area contributed by atoms with E-state index in [0.29, 0.717) is 12.4 Å². The van der Waals surface area contributed by atoms with E-state index in [1.807, 2.05) is 6.07 Å². The molecular weight excluding hydrogens is 224 g/mol. The molecule has 4 heteroatoms. The lowest BCUT2D eigenvalue weighted by atomic mass is 10.1. The quantitative estimate of drug-likeness (QED) is 0.843. The van der Waals surface area contributed by atoms with Crippen molar-refractivity contribution in [3.63, 3.8) is 0 Å². The number of nitrogens with one attached hydrogen (secondary N) is 1. The molecule has 0 unspecified atom stereocenters. The summed E-state index contributed by atoms with van der Waals surface area (Å²) < 4.78 is 0. The number of nitrogens with two attached hydrogens (primary N) is 1. The van der Waals surface area contributed by atoms with Gasteiger partial charge in [0.1, 0.15) is 11.6 Å². The molecule has 1 aromatic carbocycles. The highest BCUT2D eigenvalue weighted by molar-refractivity contribution is 5.35. The topological polar surface area (TPSA) is 63.8 Å². The molecule has 0 radical (unpaired) electrons. The van der Waals surface area contributed by atoms with Gasteiger partial charge in [0, 0.05) is 12.7 Å². The second-order valence-corrected chi connectivity index (χ2v) is 4.09.